The molecule has 3 aromatic rings. The molecule has 6 heteroatoms. The monoisotopic (exact) mass is 299 g/mol. The molecule has 0 aliphatic heterocycles. The predicted molar refractivity (Wildman–Crippen MR) is 83.5 cm³/mol. The number of nitrogens with two attached hydrogens (primary N) is 1. The van der Waals surface area contributed by atoms with Crippen molar-refractivity contribution >= 4 is 17.3 Å². The number of anilines is 1. The fourth-order valence-corrected chi connectivity index (χ4v) is 2.55. The van der Waals surface area contributed by atoms with Crippen molar-refractivity contribution in [3.05, 3.63) is 52.5 Å². The van der Waals surface area contributed by atoms with E-state index in [1.165, 1.54) is 0 Å². The lowest BCUT2D eigenvalue weighted by molar-refractivity contribution is 0.787. The molecule has 3 rings (SSSR count). The maximum absolute atomic E-state index is 6.00. The minimum Gasteiger partial charge on any atom is -0.399 e. The lowest BCUT2D eigenvalue weighted by atomic mass is 10.1. The van der Waals surface area contributed by atoms with E-state index in [0.717, 1.165) is 22.4 Å². The number of rotatable bonds is 2. The molecule has 0 saturated carbocycles. The van der Waals surface area contributed by atoms with Gasteiger partial charge in [-0.2, -0.15) is 4.68 Å². The van der Waals surface area contributed by atoms with Crippen LogP contribution in [0.5, 0.6) is 0 Å². The number of tetrazole rings is 1. The van der Waals surface area contributed by atoms with E-state index in [9.17, 15) is 0 Å². The normalized spacial score (nSPS) is 10.8. The van der Waals surface area contributed by atoms with Gasteiger partial charge < -0.3 is 5.73 Å². The predicted octanol–water partition coefficient (Wildman–Crippen LogP) is 3.18. The zero-order chi connectivity index (χ0) is 15.0. The number of aryl methyl sites for hydroxylation is 2. The van der Waals surface area contributed by atoms with E-state index in [2.05, 4.69) is 15.5 Å². The van der Waals surface area contributed by atoms with E-state index in [0.29, 0.717) is 16.5 Å². The number of aromatic nitrogens is 4. The first kappa shape index (κ1) is 13.6. The summed E-state index contributed by atoms with van der Waals surface area (Å²) in [6, 6.07) is 11.4. The second-order valence-electron chi connectivity index (χ2n) is 4.98. The molecule has 2 aromatic carbocycles. The first-order chi connectivity index (χ1) is 10.0. The van der Waals surface area contributed by atoms with Crippen LogP contribution in [-0.4, -0.2) is 20.2 Å². The van der Waals surface area contributed by atoms with Crippen molar-refractivity contribution in [2.75, 3.05) is 5.73 Å². The highest BCUT2D eigenvalue weighted by atomic mass is 35.5. The molecule has 0 fully saturated rings. The third-order valence-electron chi connectivity index (χ3n) is 3.21. The minimum absolute atomic E-state index is 0.649. The Hall–Kier alpha value is -2.40. The van der Waals surface area contributed by atoms with Gasteiger partial charge in [0.25, 0.3) is 0 Å². The molecule has 0 unspecified atom stereocenters. The van der Waals surface area contributed by atoms with E-state index in [-0.39, 0.29) is 0 Å². The Bertz CT molecular complexity index is 789. The number of hydrogen-bond donors (Lipinski definition) is 1. The molecule has 0 saturated heterocycles. The fourth-order valence-electron chi connectivity index (χ4n) is 2.33. The standard InChI is InChI=1S/C15H14ClN5/c1-9-5-11(8-13(17)6-9)15-18-19-20-21(15)14-4-3-12(16)7-10(14)2/h3-8H,17H2,1-2H3. The summed E-state index contributed by atoms with van der Waals surface area (Å²) >= 11 is 6.00. The van der Waals surface area contributed by atoms with Crippen molar-refractivity contribution in [2.24, 2.45) is 0 Å². The third kappa shape index (κ3) is 2.60. The van der Waals surface area contributed by atoms with Crippen molar-refractivity contribution in [1.29, 1.82) is 0 Å². The summed E-state index contributed by atoms with van der Waals surface area (Å²) in [5.74, 6) is 0.649. The van der Waals surface area contributed by atoms with Gasteiger partial charge in [0.2, 0.25) is 0 Å². The van der Waals surface area contributed by atoms with Crippen molar-refractivity contribution in [2.45, 2.75) is 13.8 Å². The number of halogens is 1. The molecule has 0 radical (unpaired) electrons. The van der Waals surface area contributed by atoms with Crippen molar-refractivity contribution in [3.8, 4) is 17.1 Å². The van der Waals surface area contributed by atoms with Crippen LogP contribution in [0.3, 0.4) is 0 Å². The van der Waals surface area contributed by atoms with E-state index < -0.39 is 0 Å². The molecule has 0 amide bonds. The third-order valence-corrected chi connectivity index (χ3v) is 3.45. The summed E-state index contributed by atoms with van der Waals surface area (Å²) < 4.78 is 1.69. The van der Waals surface area contributed by atoms with Gasteiger partial charge in [-0.1, -0.05) is 11.6 Å². The summed E-state index contributed by atoms with van der Waals surface area (Å²) in [4.78, 5) is 0. The van der Waals surface area contributed by atoms with Crippen LogP contribution in [0.15, 0.2) is 36.4 Å². The van der Waals surface area contributed by atoms with Crippen LogP contribution in [0.25, 0.3) is 17.1 Å². The number of benzene rings is 2. The Morgan fingerprint density at radius 1 is 1.10 bits per heavy atom. The van der Waals surface area contributed by atoms with Gasteiger partial charge in [-0.3, -0.25) is 0 Å². The molecule has 106 valence electrons. The summed E-state index contributed by atoms with van der Waals surface area (Å²) in [5.41, 5.74) is 10.4. The zero-order valence-electron chi connectivity index (χ0n) is 11.7. The molecular formula is C15H14ClN5. The van der Waals surface area contributed by atoms with Gasteiger partial charge in [0.15, 0.2) is 5.82 Å². The molecule has 0 atom stereocenters. The van der Waals surface area contributed by atoms with Crippen LogP contribution >= 0.6 is 11.6 Å². The van der Waals surface area contributed by atoms with Crippen molar-refractivity contribution in [3.63, 3.8) is 0 Å². The SMILES string of the molecule is Cc1cc(N)cc(-c2nnnn2-c2ccc(Cl)cc2C)c1. The van der Waals surface area contributed by atoms with Crippen molar-refractivity contribution < 1.29 is 0 Å². The zero-order valence-corrected chi connectivity index (χ0v) is 12.5. The van der Waals surface area contributed by atoms with E-state index in [1.54, 1.807) is 4.68 Å². The molecule has 2 N–H and O–H groups in total. The van der Waals surface area contributed by atoms with Crippen LogP contribution in [0.4, 0.5) is 5.69 Å². The van der Waals surface area contributed by atoms with Crippen LogP contribution in [0.2, 0.25) is 5.02 Å². The van der Waals surface area contributed by atoms with Crippen LogP contribution in [0, 0.1) is 13.8 Å². The molecule has 0 aliphatic carbocycles. The van der Waals surface area contributed by atoms with Gasteiger partial charge in [0.1, 0.15) is 0 Å². The van der Waals surface area contributed by atoms with Crippen molar-refractivity contribution in [1.82, 2.24) is 20.2 Å². The average Bonchev–Trinajstić information content (AvgIpc) is 2.86. The Morgan fingerprint density at radius 3 is 2.62 bits per heavy atom. The van der Waals surface area contributed by atoms with Crippen LogP contribution in [0.1, 0.15) is 11.1 Å². The minimum atomic E-state index is 0.649. The number of nitrogen functional groups attached to an aromatic ring is 1. The summed E-state index contributed by atoms with van der Waals surface area (Å²) in [6.45, 7) is 3.96. The summed E-state index contributed by atoms with van der Waals surface area (Å²) in [5, 5.41) is 12.7. The first-order valence-electron chi connectivity index (χ1n) is 6.47. The molecule has 0 bridgehead atoms. The van der Waals surface area contributed by atoms with Gasteiger partial charge >= 0.3 is 0 Å². The van der Waals surface area contributed by atoms with Gasteiger partial charge in [0, 0.05) is 16.3 Å². The molecule has 0 aliphatic rings. The lowest BCUT2D eigenvalue weighted by Gasteiger charge is -2.09. The first-order valence-corrected chi connectivity index (χ1v) is 6.85. The highest BCUT2D eigenvalue weighted by Crippen LogP contribution is 2.25. The second kappa shape index (κ2) is 5.18. The van der Waals surface area contributed by atoms with E-state index >= 15 is 0 Å². The van der Waals surface area contributed by atoms with E-state index in [1.807, 2.05) is 50.2 Å². The highest BCUT2D eigenvalue weighted by Gasteiger charge is 2.13. The van der Waals surface area contributed by atoms with Crippen LogP contribution in [-0.2, 0) is 0 Å². The second-order valence-corrected chi connectivity index (χ2v) is 5.41. The molecule has 1 aromatic heterocycles. The molecule has 0 spiro atoms. The maximum Gasteiger partial charge on any atom is 0.187 e. The Labute approximate surface area is 127 Å². The smallest absolute Gasteiger partial charge is 0.187 e. The Balaban J connectivity index is 2.17. The molecular weight excluding hydrogens is 286 g/mol. The quantitative estimate of drug-likeness (QED) is 0.738. The number of nitrogens with zero attached hydrogens (tertiary/aromatic N) is 4. The van der Waals surface area contributed by atoms with Crippen LogP contribution < -0.4 is 5.73 Å². The topological polar surface area (TPSA) is 69.6 Å². The fraction of sp³-hybridized carbons (Fsp3) is 0.133. The Kier molecular flexibility index (Phi) is 3.35. The molecule has 21 heavy (non-hydrogen) atoms. The number of hydrogen-bond acceptors (Lipinski definition) is 4. The largest absolute Gasteiger partial charge is 0.399 e. The van der Waals surface area contributed by atoms with Gasteiger partial charge in [-0.25, -0.2) is 0 Å². The summed E-state index contributed by atoms with van der Waals surface area (Å²) in [7, 11) is 0. The van der Waals surface area contributed by atoms with Gasteiger partial charge in [-0.05, 0) is 71.8 Å². The molecule has 1 heterocycles. The van der Waals surface area contributed by atoms with Gasteiger partial charge in [-0.15, -0.1) is 5.10 Å². The Morgan fingerprint density at radius 2 is 1.90 bits per heavy atom. The highest BCUT2D eigenvalue weighted by molar-refractivity contribution is 6.30. The maximum atomic E-state index is 6.00. The summed E-state index contributed by atoms with van der Waals surface area (Å²) in [6.07, 6.45) is 0. The van der Waals surface area contributed by atoms with E-state index in [4.69, 9.17) is 17.3 Å². The average molecular weight is 300 g/mol. The van der Waals surface area contributed by atoms with Gasteiger partial charge in [0.05, 0.1) is 5.69 Å². The lowest BCUT2D eigenvalue weighted by Crippen LogP contribution is -2.02. The molecule has 5 nitrogen and oxygen atoms in total.